The fourth-order valence-corrected chi connectivity index (χ4v) is 9.36. The summed E-state index contributed by atoms with van der Waals surface area (Å²) in [5.74, 6) is -0.193. The van der Waals surface area contributed by atoms with E-state index in [9.17, 15) is 30.3 Å². The molecule has 0 aromatic heterocycles. The SMILES string of the molecule is CCCCCCCCCCCCCC/C=C\CCCCCCCCCC(=O)NC(COC1OC(CO)C(O)C(O)C1O)C(O)/C=C/CC/C=C/CC/C=C/CCCCCCCCCCCCCCCC. The van der Waals surface area contributed by atoms with Crippen LogP contribution in [0.15, 0.2) is 48.6 Å². The number of rotatable bonds is 51. The van der Waals surface area contributed by atoms with Gasteiger partial charge in [0.25, 0.3) is 0 Å². The summed E-state index contributed by atoms with van der Waals surface area (Å²) in [5.41, 5.74) is 0. The molecule has 1 rings (SSSR count). The Morgan fingerprint density at radius 1 is 0.471 bits per heavy atom. The van der Waals surface area contributed by atoms with Gasteiger partial charge in [0.15, 0.2) is 6.29 Å². The van der Waals surface area contributed by atoms with Gasteiger partial charge in [-0.3, -0.25) is 4.79 Å². The predicted molar refractivity (Wildman–Crippen MR) is 295 cm³/mol. The maximum absolute atomic E-state index is 13.1. The first-order valence-electron chi connectivity index (χ1n) is 29.9. The highest BCUT2D eigenvalue weighted by atomic mass is 16.7. The van der Waals surface area contributed by atoms with Gasteiger partial charge in [-0.1, -0.05) is 249 Å². The van der Waals surface area contributed by atoms with Crippen molar-refractivity contribution >= 4 is 5.91 Å². The third-order valence-corrected chi connectivity index (χ3v) is 14.1. The van der Waals surface area contributed by atoms with Crippen molar-refractivity contribution in [2.24, 2.45) is 0 Å². The largest absolute Gasteiger partial charge is 0.394 e. The second-order valence-electron chi connectivity index (χ2n) is 20.8. The monoisotopic (exact) mass is 988 g/mol. The minimum Gasteiger partial charge on any atom is -0.394 e. The minimum atomic E-state index is -1.58. The molecular weight excluding hydrogens is 875 g/mol. The molecule has 1 amide bonds. The number of hydrogen-bond acceptors (Lipinski definition) is 8. The summed E-state index contributed by atoms with van der Waals surface area (Å²) >= 11 is 0. The summed E-state index contributed by atoms with van der Waals surface area (Å²) in [6.07, 6.45) is 60.4. The molecule has 9 nitrogen and oxygen atoms in total. The first-order chi connectivity index (χ1) is 34.3. The van der Waals surface area contributed by atoms with Crippen molar-refractivity contribution in [3.63, 3.8) is 0 Å². The number of aliphatic hydroxyl groups is 5. The molecule has 0 aliphatic carbocycles. The highest BCUT2D eigenvalue weighted by Crippen LogP contribution is 2.23. The molecule has 0 aromatic rings. The smallest absolute Gasteiger partial charge is 0.220 e. The van der Waals surface area contributed by atoms with Crippen LogP contribution in [0.25, 0.3) is 0 Å². The third-order valence-electron chi connectivity index (χ3n) is 14.1. The van der Waals surface area contributed by atoms with Gasteiger partial charge in [0.05, 0.1) is 25.4 Å². The van der Waals surface area contributed by atoms with Crippen molar-refractivity contribution < 1.29 is 39.8 Å². The predicted octanol–water partition coefficient (Wildman–Crippen LogP) is 14.9. The van der Waals surface area contributed by atoms with E-state index in [1.165, 1.54) is 199 Å². The maximum atomic E-state index is 13.1. The van der Waals surface area contributed by atoms with Crippen molar-refractivity contribution in [3.8, 4) is 0 Å². The van der Waals surface area contributed by atoms with Crippen LogP contribution in [0.5, 0.6) is 0 Å². The van der Waals surface area contributed by atoms with Crippen molar-refractivity contribution in [1.82, 2.24) is 5.32 Å². The molecule has 1 saturated heterocycles. The number of carbonyl (C=O) groups is 1. The van der Waals surface area contributed by atoms with Crippen LogP contribution in [0.2, 0.25) is 0 Å². The second kappa shape index (κ2) is 50.7. The van der Waals surface area contributed by atoms with Crippen LogP contribution in [-0.2, 0) is 14.3 Å². The topological polar surface area (TPSA) is 149 Å². The van der Waals surface area contributed by atoms with E-state index in [1.54, 1.807) is 6.08 Å². The molecule has 1 aliphatic rings. The fourth-order valence-electron chi connectivity index (χ4n) is 9.36. The average molecular weight is 989 g/mol. The first-order valence-corrected chi connectivity index (χ1v) is 29.9. The lowest BCUT2D eigenvalue weighted by Crippen LogP contribution is -2.60. The van der Waals surface area contributed by atoms with Crippen molar-refractivity contribution in [2.75, 3.05) is 13.2 Å². The van der Waals surface area contributed by atoms with Crippen LogP contribution in [0.3, 0.4) is 0 Å². The number of unbranched alkanes of at least 4 members (excludes halogenated alkanes) is 35. The van der Waals surface area contributed by atoms with E-state index in [0.29, 0.717) is 6.42 Å². The molecule has 0 saturated carbocycles. The molecule has 1 aliphatic heterocycles. The van der Waals surface area contributed by atoms with Gasteiger partial charge in [0.1, 0.15) is 24.4 Å². The van der Waals surface area contributed by atoms with E-state index in [1.807, 2.05) is 6.08 Å². The lowest BCUT2D eigenvalue weighted by atomic mass is 9.99. The summed E-state index contributed by atoms with van der Waals surface area (Å²) in [6, 6.07) is -0.832. The molecule has 70 heavy (non-hydrogen) atoms. The zero-order valence-corrected chi connectivity index (χ0v) is 45.5. The Morgan fingerprint density at radius 3 is 1.20 bits per heavy atom. The fraction of sp³-hybridized carbons (Fsp3) is 0.852. The highest BCUT2D eigenvalue weighted by Gasteiger charge is 2.44. The lowest BCUT2D eigenvalue weighted by Gasteiger charge is -2.40. The minimum absolute atomic E-state index is 0.193. The number of carbonyl (C=O) groups excluding carboxylic acids is 1. The summed E-state index contributed by atoms with van der Waals surface area (Å²) in [4.78, 5) is 13.1. The Bertz CT molecular complexity index is 1240. The van der Waals surface area contributed by atoms with E-state index in [2.05, 4.69) is 55.6 Å². The quantitative estimate of drug-likeness (QED) is 0.0261. The Hall–Kier alpha value is -1.85. The Labute approximate surface area is 431 Å². The van der Waals surface area contributed by atoms with E-state index < -0.39 is 49.5 Å². The zero-order valence-electron chi connectivity index (χ0n) is 45.5. The zero-order chi connectivity index (χ0) is 50.8. The highest BCUT2D eigenvalue weighted by molar-refractivity contribution is 5.76. The number of ether oxygens (including phenoxy) is 2. The van der Waals surface area contributed by atoms with Crippen molar-refractivity contribution in [2.45, 2.75) is 320 Å². The molecule has 6 N–H and O–H groups in total. The number of amides is 1. The molecular formula is C61H113NO8. The summed E-state index contributed by atoms with van der Waals surface area (Å²) in [6.45, 7) is 3.78. The van der Waals surface area contributed by atoms with Crippen LogP contribution >= 0.6 is 0 Å². The molecule has 0 radical (unpaired) electrons. The molecule has 7 unspecified atom stereocenters. The molecule has 9 heteroatoms. The maximum Gasteiger partial charge on any atom is 0.220 e. The molecule has 0 aromatic carbocycles. The van der Waals surface area contributed by atoms with Gasteiger partial charge < -0.3 is 40.3 Å². The number of hydrogen-bond donors (Lipinski definition) is 6. The van der Waals surface area contributed by atoms with Gasteiger partial charge in [0, 0.05) is 6.42 Å². The summed E-state index contributed by atoms with van der Waals surface area (Å²) < 4.78 is 11.3. The van der Waals surface area contributed by atoms with Crippen LogP contribution in [0.4, 0.5) is 0 Å². The standard InChI is InChI=1S/C61H113NO8/c1-3-5-7-9-11-13-15-17-19-21-23-25-27-29-30-32-34-36-38-40-42-44-46-48-50-55(64)54(53-69-61-60(68)59(67)58(66)56(52-63)70-61)62-57(65)51-49-47-45-43-41-39-37-35-33-31-28-26-24-22-20-18-16-14-12-10-8-6-4-2/h31-34,40,42,48,50,54-56,58-61,63-64,66-68H,3-30,35-39,41,43-47,49,51-53H2,1-2H3,(H,62,65)/b33-31-,34-32+,42-40+,50-48+. The molecule has 410 valence electrons. The van der Waals surface area contributed by atoms with Gasteiger partial charge >= 0.3 is 0 Å². The van der Waals surface area contributed by atoms with Crippen molar-refractivity contribution in [3.05, 3.63) is 48.6 Å². The Kier molecular flexibility index (Phi) is 47.9. The second-order valence-corrected chi connectivity index (χ2v) is 20.8. The van der Waals surface area contributed by atoms with Crippen LogP contribution < -0.4 is 5.32 Å². The first kappa shape index (κ1) is 66.2. The van der Waals surface area contributed by atoms with E-state index >= 15 is 0 Å². The molecule has 1 heterocycles. The Morgan fingerprint density at radius 2 is 0.814 bits per heavy atom. The molecule has 7 atom stereocenters. The number of allylic oxidation sites excluding steroid dienone is 7. The van der Waals surface area contributed by atoms with Crippen LogP contribution in [0.1, 0.15) is 277 Å². The van der Waals surface area contributed by atoms with Crippen LogP contribution in [0, 0.1) is 0 Å². The number of nitrogens with one attached hydrogen (secondary N) is 1. The molecule has 1 fully saturated rings. The number of aliphatic hydroxyl groups excluding tert-OH is 5. The molecule has 0 spiro atoms. The van der Waals surface area contributed by atoms with Gasteiger partial charge in [-0.15, -0.1) is 0 Å². The van der Waals surface area contributed by atoms with Gasteiger partial charge in [-0.05, 0) is 70.6 Å². The normalized spacial score (nSPS) is 19.7. The van der Waals surface area contributed by atoms with E-state index in [4.69, 9.17) is 9.47 Å². The lowest BCUT2D eigenvalue weighted by molar-refractivity contribution is -0.302. The average Bonchev–Trinajstić information content (AvgIpc) is 3.36. The van der Waals surface area contributed by atoms with Crippen molar-refractivity contribution in [1.29, 1.82) is 0 Å². The van der Waals surface area contributed by atoms with Gasteiger partial charge in [-0.2, -0.15) is 0 Å². The van der Waals surface area contributed by atoms with E-state index in [0.717, 1.165) is 57.8 Å². The van der Waals surface area contributed by atoms with Gasteiger partial charge in [-0.25, -0.2) is 0 Å². The van der Waals surface area contributed by atoms with Gasteiger partial charge in [0.2, 0.25) is 5.91 Å². The van der Waals surface area contributed by atoms with Crippen LogP contribution in [-0.4, -0.2) is 87.5 Å². The van der Waals surface area contributed by atoms with E-state index in [-0.39, 0.29) is 12.5 Å². The summed E-state index contributed by atoms with van der Waals surface area (Å²) in [7, 11) is 0. The Balaban J connectivity index is 2.26. The summed E-state index contributed by atoms with van der Waals surface area (Å²) in [5, 5.41) is 54.5. The molecule has 0 bridgehead atoms. The third kappa shape index (κ3) is 39.7.